The molecular weight excluding hydrogens is 300 g/mol. The van der Waals surface area contributed by atoms with Crippen LogP contribution in [0.3, 0.4) is 0 Å². The largest absolute Gasteiger partial charge is 0.356 e. The highest BCUT2D eigenvalue weighted by Gasteiger charge is 2.26. The zero-order valence-electron chi connectivity index (χ0n) is 14.8. The topological polar surface area (TPSA) is 61.9 Å². The first-order valence-corrected chi connectivity index (χ1v) is 9.21. The number of unbranched alkanes of at least 4 members (excludes halogenated alkanes) is 1. The summed E-state index contributed by atoms with van der Waals surface area (Å²) < 4.78 is 0. The number of aromatic amines is 1. The van der Waals surface area contributed by atoms with Crippen LogP contribution in [0, 0.1) is 5.92 Å². The van der Waals surface area contributed by atoms with Crippen molar-refractivity contribution in [1.82, 2.24) is 15.0 Å². The monoisotopic (exact) mass is 328 g/mol. The van der Waals surface area contributed by atoms with Crippen LogP contribution in [0.2, 0.25) is 0 Å². The van der Waals surface area contributed by atoms with Crippen LogP contribution >= 0.6 is 0 Å². The van der Waals surface area contributed by atoms with E-state index in [4.69, 9.17) is 0 Å². The molecule has 2 aromatic heterocycles. The summed E-state index contributed by atoms with van der Waals surface area (Å²) in [5, 5.41) is 1.08. The van der Waals surface area contributed by atoms with E-state index in [1.54, 1.807) is 6.33 Å². The molecular formula is C19H28N4O. The molecule has 0 aliphatic heterocycles. The summed E-state index contributed by atoms with van der Waals surface area (Å²) in [6.45, 7) is 2.14. The maximum absolute atomic E-state index is 12.0. The number of rotatable bonds is 7. The van der Waals surface area contributed by atoms with Crippen molar-refractivity contribution >= 4 is 22.6 Å². The third-order valence-electron chi connectivity index (χ3n) is 5.36. The summed E-state index contributed by atoms with van der Waals surface area (Å²) in [5.41, 5.74) is 0.891. The number of hydrogen-bond donors (Lipinski definition) is 1. The highest BCUT2D eigenvalue weighted by Crippen LogP contribution is 2.33. The number of carbonyl (C=O) groups excluding carboxylic acids is 1. The molecule has 5 heteroatoms. The van der Waals surface area contributed by atoms with Gasteiger partial charge >= 0.3 is 0 Å². The van der Waals surface area contributed by atoms with E-state index in [1.807, 2.05) is 12.3 Å². The molecule has 0 aromatic carbocycles. The standard InChI is InChI=1S/C19H28N4O/c1-3-4-5-16(24)12-14-6-8-15(9-7-14)23(2)19-17-10-11-20-18(17)21-13-22-19/h10-11,13-15H,3-9,12H2,1-2H3,(H,20,21,22). The Morgan fingerprint density at radius 3 is 2.83 bits per heavy atom. The number of nitrogens with one attached hydrogen (secondary N) is 1. The van der Waals surface area contributed by atoms with Crippen LogP contribution in [0.25, 0.3) is 11.0 Å². The number of carbonyl (C=O) groups is 1. The third-order valence-corrected chi connectivity index (χ3v) is 5.36. The highest BCUT2D eigenvalue weighted by molar-refractivity contribution is 5.87. The fraction of sp³-hybridized carbons (Fsp3) is 0.632. The third kappa shape index (κ3) is 3.77. The maximum Gasteiger partial charge on any atom is 0.142 e. The Bertz CT molecular complexity index is 673. The Hall–Kier alpha value is -1.91. The number of anilines is 1. The van der Waals surface area contributed by atoms with Crippen LogP contribution in [-0.4, -0.2) is 33.8 Å². The van der Waals surface area contributed by atoms with Crippen molar-refractivity contribution in [2.24, 2.45) is 5.92 Å². The van der Waals surface area contributed by atoms with Gasteiger partial charge in [-0.25, -0.2) is 9.97 Å². The molecule has 1 aliphatic carbocycles. The van der Waals surface area contributed by atoms with Crippen molar-refractivity contribution in [1.29, 1.82) is 0 Å². The lowest BCUT2D eigenvalue weighted by Gasteiger charge is -2.35. The van der Waals surface area contributed by atoms with Gasteiger partial charge in [0.1, 0.15) is 23.6 Å². The second kappa shape index (κ2) is 7.77. The lowest BCUT2D eigenvalue weighted by molar-refractivity contribution is -0.120. The fourth-order valence-electron chi connectivity index (χ4n) is 3.85. The molecule has 5 nitrogen and oxygen atoms in total. The molecule has 0 atom stereocenters. The van der Waals surface area contributed by atoms with Gasteiger partial charge in [0.15, 0.2) is 0 Å². The molecule has 1 N–H and O–H groups in total. The van der Waals surface area contributed by atoms with Crippen LogP contribution < -0.4 is 4.90 Å². The van der Waals surface area contributed by atoms with Gasteiger partial charge in [0.2, 0.25) is 0 Å². The second-order valence-electron chi connectivity index (χ2n) is 7.07. The van der Waals surface area contributed by atoms with E-state index in [9.17, 15) is 4.79 Å². The van der Waals surface area contributed by atoms with Gasteiger partial charge in [0.05, 0.1) is 5.39 Å². The molecule has 0 amide bonds. The van der Waals surface area contributed by atoms with E-state index in [1.165, 1.54) is 0 Å². The van der Waals surface area contributed by atoms with E-state index >= 15 is 0 Å². The summed E-state index contributed by atoms with van der Waals surface area (Å²) >= 11 is 0. The van der Waals surface area contributed by atoms with Crippen molar-refractivity contribution in [3.63, 3.8) is 0 Å². The first-order chi connectivity index (χ1) is 11.7. The fourth-order valence-corrected chi connectivity index (χ4v) is 3.85. The SMILES string of the molecule is CCCCC(=O)CC1CCC(N(C)c2ncnc3[nH]ccc23)CC1. The van der Waals surface area contributed by atoms with Crippen LogP contribution in [-0.2, 0) is 4.79 Å². The summed E-state index contributed by atoms with van der Waals surface area (Å²) in [4.78, 5) is 26.2. The number of ketones is 1. The van der Waals surface area contributed by atoms with E-state index < -0.39 is 0 Å². The van der Waals surface area contributed by atoms with Gasteiger partial charge in [-0.05, 0) is 44.1 Å². The molecule has 0 spiro atoms. The van der Waals surface area contributed by atoms with Gasteiger partial charge < -0.3 is 9.88 Å². The number of nitrogens with zero attached hydrogens (tertiary/aromatic N) is 3. The highest BCUT2D eigenvalue weighted by atomic mass is 16.1. The van der Waals surface area contributed by atoms with Crippen LogP contribution in [0.1, 0.15) is 58.3 Å². The van der Waals surface area contributed by atoms with Crippen molar-refractivity contribution in [3.8, 4) is 0 Å². The molecule has 1 aliphatic rings. The van der Waals surface area contributed by atoms with E-state index in [0.717, 1.165) is 68.2 Å². The Morgan fingerprint density at radius 1 is 1.29 bits per heavy atom. The number of fused-ring (bicyclic) bond motifs is 1. The smallest absolute Gasteiger partial charge is 0.142 e. The molecule has 0 saturated heterocycles. The number of Topliss-reactive ketones (excluding diaryl/α,β-unsaturated/α-hetero) is 1. The Morgan fingerprint density at radius 2 is 2.08 bits per heavy atom. The summed E-state index contributed by atoms with van der Waals surface area (Å²) in [6, 6.07) is 2.54. The second-order valence-corrected chi connectivity index (χ2v) is 7.07. The zero-order valence-corrected chi connectivity index (χ0v) is 14.8. The van der Waals surface area contributed by atoms with Gasteiger partial charge in [0.25, 0.3) is 0 Å². The number of hydrogen-bond acceptors (Lipinski definition) is 4. The molecule has 0 unspecified atom stereocenters. The van der Waals surface area contributed by atoms with Crippen molar-refractivity contribution in [2.45, 2.75) is 64.3 Å². The van der Waals surface area contributed by atoms with Gasteiger partial charge in [-0.15, -0.1) is 0 Å². The van der Waals surface area contributed by atoms with Gasteiger partial charge in [-0.2, -0.15) is 0 Å². The molecule has 0 bridgehead atoms. The average Bonchev–Trinajstić information content (AvgIpc) is 3.08. The average molecular weight is 328 g/mol. The first-order valence-electron chi connectivity index (χ1n) is 9.21. The first kappa shape index (κ1) is 16.9. The molecule has 1 fully saturated rings. The van der Waals surface area contributed by atoms with Gasteiger partial charge in [-0.1, -0.05) is 13.3 Å². The quantitative estimate of drug-likeness (QED) is 0.831. The van der Waals surface area contributed by atoms with Crippen molar-refractivity contribution in [2.75, 3.05) is 11.9 Å². The predicted octanol–water partition coefficient (Wildman–Crippen LogP) is 4.10. The number of H-pyrrole nitrogens is 1. The lowest BCUT2D eigenvalue weighted by atomic mass is 9.82. The molecule has 2 aromatic rings. The molecule has 2 heterocycles. The number of aromatic nitrogens is 3. The Labute approximate surface area is 143 Å². The van der Waals surface area contributed by atoms with E-state index in [0.29, 0.717) is 17.7 Å². The van der Waals surface area contributed by atoms with E-state index in [2.05, 4.69) is 33.8 Å². The molecule has 24 heavy (non-hydrogen) atoms. The summed E-state index contributed by atoms with van der Waals surface area (Å²) in [6.07, 6.45) is 11.8. The van der Waals surface area contributed by atoms with Crippen LogP contribution in [0.5, 0.6) is 0 Å². The molecule has 0 radical (unpaired) electrons. The summed E-state index contributed by atoms with van der Waals surface area (Å²) in [5.74, 6) is 2.04. The summed E-state index contributed by atoms with van der Waals surface area (Å²) in [7, 11) is 2.13. The van der Waals surface area contributed by atoms with Gasteiger partial charge in [-0.3, -0.25) is 4.79 Å². The lowest BCUT2D eigenvalue weighted by Crippen LogP contribution is -2.36. The molecule has 1 saturated carbocycles. The van der Waals surface area contributed by atoms with Crippen molar-refractivity contribution in [3.05, 3.63) is 18.6 Å². The molecule has 3 rings (SSSR count). The van der Waals surface area contributed by atoms with Crippen molar-refractivity contribution < 1.29 is 4.79 Å². The normalized spacial score (nSPS) is 21.1. The Kier molecular flexibility index (Phi) is 5.48. The molecule has 130 valence electrons. The van der Waals surface area contributed by atoms with E-state index in [-0.39, 0.29) is 0 Å². The Balaban J connectivity index is 1.56. The minimum absolute atomic E-state index is 0.457. The maximum atomic E-state index is 12.0. The van der Waals surface area contributed by atoms with Gasteiger partial charge in [0, 0.05) is 32.1 Å². The van der Waals surface area contributed by atoms with Crippen LogP contribution in [0.15, 0.2) is 18.6 Å². The predicted molar refractivity (Wildman–Crippen MR) is 97.2 cm³/mol. The zero-order chi connectivity index (χ0) is 16.9. The minimum atomic E-state index is 0.457. The van der Waals surface area contributed by atoms with Crippen LogP contribution in [0.4, 0.5) is 5.82 Å². The minimum Gasteiger partial charge on any atom is -0.356 e.